The molecule has 136 valence electrons. The van der Waals surface area contributed by atoms with E-state index in [-0.39, 0.29) is 16.8 Å². The van der Waals surface area contributed by atoms with Crippen molar-refractivity contribution in [1.29, 1.82) is 0 Å². The van der Waals surface area contributed by atoms with Gasteiger partial charge in [0.05, 0.1) is 5.69 Å². The summed E-state index contributed by atoms with van der Waals surface area (Å²) in [5, 5.41) is 16.2. The lowest BCUT2D eigenvalue weighted by Gasteiger charge is -2.14. The number of hydrogen-bond acceptors (Lipinski definition) is 3. The Morgan fingerprint density at radius 2 is 1.96 bits per heavy atom. The van der Waals surface area contributed by atoms with Gasteiger partial charge in [0.1, 0.15) is 5.75 Å². The van der Waals surface area contributed by atoms with Gasteiger partial charge in [-0.2, -0.15) is 0 Å². The minimum Gasteiger partial charge on any atom is -0.506 e. The number of aromatic hydroxyl groups is 1. The summed E-state index contributed by atoms with van der Waals surface area (Å²) in [7, 11) is 0. The molecule has 2 aromatic carbocycles. The Hall–Kier alpha value is -2.37. The molecule has 0 aromatic heterocycles. The van der Waals surface area contributed by atoms with Gasteiger partial charge in [0.2, 0.25) is 5.91 Å². The fourth-order valence-electron chi connectivity index (χ4n) is 2.25. The van der Waals surface area contributed by atoms with Crippen molar-refractivity contribution in [3.8, 4) is 5.75 Å². The Labute approximate surface area is 163 Å². The van der Waals surface area contributed by atoms with Crippen molar-refractivity contribution in [1.82, 2.24) is 5.32 Å². The van der Waals surface area contributed by atoms with Gasteiger partial charge in [0, 0.05) is 11.1 Å². The average Bonchev–Trinajstić information content (AvgIpc) is 2.62. The van der Waals surface area contributed by atoms with Crippen molar-refractivity contribution in [3.63, 3.8) is 0 Å². The van der Waals surface area contributed by atoms with Crippen LogP contribution in [0.3, 0.4) is 0 Å². The van der Waals surface area contributed by atoms with Gasteiger partial charge >= 0.3 is 0 Å². The van der Waals surface area contributed by atoms with Gasteiger partial charge in [-0.25, -0.2) is 0 Å². The second-order valence-electron chi connectivity index (χ2n) is 5.91. The molecule has 0 bridgehead atoms. The number of hydrogen-bond donors (Lipinski definition) is 3. The second kappa shape index (κ2) is 9.36. The molecular weight excluding hydrogens is 368 g/mol. The minimum absolute atomic E-state index is 0.0744. The average molecular weight is 389 g/mol. The fourth-order valence-corrected chi connectivity index (χ4v) is 2.59. The van der Waals surface area contributed by atoms with E-state index in [4.69, 9.17) is 23.8 Å². The third-order valence-corrected chi connectivity index (χ3v) is 4.44. The quantitative estimate of drug-likeness (QED) is 0.379. The summed E-state index contributed by atoms with van der Waals surface area (Å²) < 4.78 is 0. The van der Waals surface area contributed by atoms with Crippen molar-refractivity contribution in [3.05, 3.63) is 64.7 Å². The zero-order chi connectivity index (χ0) is 19.1. The molecule has 0 heterocycles. The third kappa shape index (κ3) is 5.86. The predicted molar refractivity (Wildman–Crippen MR) is 112 cm³/mol. The maximum Gasteiger partial charge on any atom is 0.250 e. The van der Waals surface area contributed by atoms with Gasteiger partial charge in [-0.3, -0.25) is 10.1 Å². The number of nitrogens with one attached hydrogen (secondary N) is 2. The number of phenolic OH excluding ortho intramolecular Hbond substituents is 1. The highest BCUT2D eigenvalue weighted by Gasteiger charge is 2.09. The van der Waals surface area contributed by atoms with Crippen molar-refractivity contribution in [2.45, 2.75) is 26.2 Å². The number of carbonyl (C=O) groups excluding carboxylic acids is 1. The zero-order valence-electron chi connectivity index (χ0n) is 14.6. The first-order valence-electron chi connectivity index (χ1n) is 8.27. The summed E-state index contributed by atoms with van der Waals surface area (Å²) in [5.41, 5.74) is 2.40. The molecule has 26 heavy (non-hydrogen) atoms. The van der Waals surface area contributed by atoms with E-state index >= 15 is 0 Å². The van der Waals surface area contributed by atoms with Crippen molar-refractivity contribution < 1.29 is 9.90 Å². The van der Waals surface area contributed by atoms with Crippen LogP contribution in [0.5, 0.6) is 5.75 Å². The monoisotopic (exact) mass is 388 g/mol. The molecule has 0 radical (unpaired) electrons. The number of amides is 1. The Morgan fingerprint density at radius 3 is 2.62 bits per heavy atom. The molecule has 0 saturated heterocycles. The SMILES string of the molecule is CC[C@H](C)c1ccc(O)c(NC(=S)NC(=O)/C=C/c2ccc(Cl)cc2)c1. The highest BCUT2D eigenvalue weighted by atomic mass is 35.5. The van der Waals surface area contributed by atoms with E-state index in [0.717, 1.165) is 17.5 Å². The number of phenols is 1. The molecule has 4 nitrogen and oxygen atoms in total. The summed E-state index contributed by atoms with van der Waals surface area (Å²) in [4.78, 5) is 12.0. The van der Waals surface area contributed by atoms with Crippen LogP contribution >= 0.6 is 23.8 Å². The number of anilines is 1. The van der Waals surface area contributed by atoms with Crippen LogP contribution in [0.1, 0.15) is 37.3 Å². The lowest BCUT2D eigenvalue weighted by molar-refractivity contribution is -0.115. The maximum absolute atomic E-state index is 12.0. The molecule has 3 N–H and O–H groups in total. The molecule has 6 heteroatoms. The van der Waals surface area contributed by atoms with Gasteiger partial charge in [-0.05, 0) is 66.0 Å². The van der Waals surface area contributed by atoms with Crippen LogP contribution in [-0.2, 0) is 4.79 Å². The molecule has 0 spiro atoms. The van der Waals surface area contributed by atoms with Gasteiger partial charge in [0.25, 0.3) is 0 Å². The molecule has 0 fully saturated rings. The van der Waals surface area contributed by atoms with Gasteiger partial charge in [-0.15, -0.1) is 0 Å². The van der Waals surface area contributed by atoms with Crippen LogP contribution in [-0.4, -0.2) is 16.1 Å². The van der Waals surface area contributed by atoms with E-state index in [2.05, 4.69) is 24.5 Å². The summed E-state index contributed by atoms with van der Waals surface area (Å²) in [6, 6.07) is 12.4. The number of halogens is 1. The molecule has 0 aliphatic heterocycles. The molecular formula is C20H21ClN2O2S. The van der Waals surface area contributed by atoms with Gasteiger partial charge < -0.3 is 10.4 Å². The lowest BCUT2D eigenvalue weighted by atomic mass is 9.98. The van der Waals surface area contributed by atoms with Crippen molar-refractivity contribution >= 4 is 46.6 Å². The van der Waals surface area contributed by atoms with Crippen LogP contribution in [0.15, 0.2) is 48.5 Å². The first-order chi connectivity index (χ1) is 12.4. The molecule has 0 unspecified atom stereocenters. The fraction of sp³-hybridized carbons (Fsp3) is 0.200. The number of benzene rings is 2. The number of rotatable bonds is 5. The zero-order valence-corrected chi connectivity index (χ0v) is 16.2. The van der Waals surface area contributed by atoms with E-state index < -0.39 is 0 Å². The van der Waals surface area contributed by atoms with Gasteiger partial charge in [-0.1, -0.05) is 43.6 Å². The molecule has 0 aliphatic rings. The Balaban J connectivity index is 1.97. The lowest BCUT2D eigenvalue weighted by Crippen LogP contribution is -2.32. The van der Waals surface area contributed by atoms with E-state index in [1.807, 2.05) is 12.1 Å². The molecule has 0 aliphatic carbocycles. The molecule has 1 amide bonds. The normalized spacial score (nSPS) is 12.0. The topological polar surface area (TPSA) is 61.4 Å². The van der Waals surface area contributed by atoms with Crippen molar-refractivity contribution in [2.75, 3.05) is 5.32 Å². The van der Waals surface area contributed by atoms with E-state index in [1.54, 1.807) is 36.4 Å². The second-order valence-corrected chi connectivity index (χ2v) is 6.76. The van der Waals surface area contributed by atoms with E-state index in [9.17, 15) is 9.90 Å². The first kappa shape index (κ1) is 19.9. The summed E-state index contributed by atoms with van der Waals surface area (Å²) in [6.45, 7) is 4.21. The first-order valence-corrected chi connectivity index (χ1v) is 9.06. The van der Waals surface area contributed by atoms with E-state index in [0.29, 0.717) is 16.6 Å². The maximum atomic E-state index is 12.0. The molecule has 2 rings (SSSR count). The van der Waals surface area contributed by atoms with E-state index in [1.165, 1.54) is 6.08 Å². The van der Waals surface area contributed by atoms with Gasteiger partial charge in [0.15, 0.2) is 5.11 Å². The minimum atomic E-state index is -0.366. The standard InChI is InChI=1S/C20H21ClN2O2S/c1-3-13(2)15-7-10-18(24)17(12-15)22-20(26)23-19(25)11-6-14-4-8-16(21)9-5-14/h4-13,24H,3H2,1-2H3,(H2,22,23,25,26)/b11-6+/t13-/m0/s1. The number of thiocarbonyl (C=S) groups is 1. The summed E-state index contributed by atoms with van der Waals surface area (Å²) >= 11 is 11.0. The Kier molecular flexibility index (Phi) is 7.18. The van der Waals surface area contributed by atoms with Crippen LogP contribution in [0.2, 0.25) is 5.02 Å². The van der Waals surface area contributed by atoms with Crippen LogP contribution < -0.4 is 10.6 Å². The third-order valence-electron chi connectivity index (χ3n) is 3.98. The highest BCUT2D eigenvalue weighted by Crippen LogP contribution is 2.28. The van der Waals surface area contributed by atoms with Crippen LogP contribution in [0.25, 0.3) is 6.08 Å². The molecule has 1 atom stereocenters. The Morgan fingerprint density at radius 1 is 1.27 bits per heavy atom. The summed E-state index contributed by atoms with van der Waals surface area (Å²) in [5.74, 6) is 0.0713. The summed E-state index contributed by atoms with van der Waals surface area (Å²) in [6.07, 6.45) is 4.03. The predicted octanol–water partition coefficient (Wildman–Crippen LogP) is 5.09. The number of carbonyl (C=O) groups is 1. The molecule has 2 aromatic rings. The largest absolute Gasteiger partial charge is 0.506 e. The van der Waals surface area contributed by atoms with Crippen LogP contribution in [0.4, 0.5) is 5.69 Å². The molecule has 0 saturated carbocycles. The smallest absolute Gasteiger partial charge is 0.250 e. The highest BCUT2D eigenvalue weighted by molar-refractivity contribution is 7.80. The van der Waals surface area contributed by atoms with Crippen molar-refractivity contribution in [2.24, 2.45) is 0 Å². The van der Waals surface area contributed by atoms with Crippen LogP contribution in [0, 0.1) is 0 Å². The Bertz CT molecular complexity index is 819.